The van der Waals surface area contributed by atoms with Crippen LogP contribution in [0.2, 0.25) is 0 Å². The number of nitrogens with zero attached hydrogens (tertiary/aromatic N) is 3. The molecular weight excluding hydrogens is 636 g/mol. The van der Waals surface area contributed by atoms with Crippen LogP contribution in [-0.4, -0.2) is 39.9 Å². The summed E-state index contributed by atoms with van der Waals surface area (Å²) >= 11 is 0. The highest BCUT2D eigenvalue weighted by atomic mass is 16.7. The Hall–Kier alpha value is -5.57. The first kappa shape index (κ1) is 33.9. The molecule has 1 amide bonds. The monoisotopic (exact) mass is 678 g/mol. The number of rotatable bonds is 14. The van der Waals surface area contributed by atoms with E-state index in [1.807, 2.05) is 42.7 Å². The van der Waals surface area contributed by atoms with E-state index >= 15 is 0 Å². The second-order valence-corrected chi connectivity index (χ2v) is 12.7. The van der Waals surface area contributed by atoms with Crippen LogP contribution in [0.15, 0.2) is 146 Å². The number of nitrogens with one attached hydrogen (secondary N) is 1. The minimum absolute atomic E-state index is 0.184. The predicted molar refractivity (Wildman–Crippen MR) is 196 cm³/mol. The number of ether oxygens (including phenoxy) is 3. The Morgan fingerprint density at radius 1 is 0.843 bits per heavy atom. The first-order chi connectivity index (χ1) is 25.2. The number of imidazole rings is 1. The van der Waals surface area contributed by atoms with Crippen molar-refractivity contribution in [3.8, 4) is 5.75 Å². The lowest BCUT2D eigenvalue weighted by Crippen LogP contribution is -2.36. The largest absolute Gasteiger partial charge is 0.493 e. The van der Waals surface area contributed by atoms with Crippen molar-refractivity contribution in [2.75, 3.05) is 13.2 Å². The summed E-state index contributed by atoms with van der Waals surface area (Å²) in [6.45, 7) is 1.86. The molecule has 2 aromatic heterocycles. The number of pyridine rings is 1. The third kappa shape index (κ3) is 8.09. The molecule has 1 fully saturated rings. The molecular formula is C43H42N4O4. The molecule has 0 radical (unpaired) electrons. The Labute approximate surface area is 299 Å². The van der Waals surface area contributed by atoms with Crippen LogP contribution in [0.3, 0.4) is 0 Å². The third-order valence-electron chi connectivity index (χ3n) is 9.20. The van der Waals surface area contributed by atoms with Gasteiger partial charge in [-0.3, -0.25) is 9.78 Å². The molecule has 0 bridgehead atoms. The Morgan fingerprint density at radius 2 is 1.53 bits per heavy atom. The smallest absolute Gasteiger partial charge is 0.253 e. The van der Waals surface area contributed by atoms with Crippen molar-refractivity contribution in [1.29, 1.82) is 0 Å². The number of hydrogen-bond acceptors (Lipinski definition) is 6. The fourth-order valence-corrected chi connectivity index (χ4v) is 6.75. The summed E-state index contributed by atoms with van der Waals surface area (Å²) in [5, 5.41) is 3.00. The van der Waals surface area contributed by atoms with Crippen molar-refractivity contribution in [1.82, 2.24) is 19.9 Å². The molecule has 6 aromatic rings. The maximum absolute atomic E-state index is 12.8. The lowest BCUT2D eigenvalue weighted by Gasteiger charge is -2.37. The second-order valence-electron chi connectivity index (χ2n) is 12.7. The molecule has 8 heteroatoms. The van der Waals surface area contributed by atoms with Crippen molar-refractivity contribution in [2.24, 2.45) is 0 Å². The van der Waals surface area contributed by atoms with Crippen LogP contribution in [0, 0.1) is 0 Å². The van der Waals surface area contributed by atoms with Crippen LogP contribution < -0.4 is 10.1 Å². The second kappa shape index (κ2) is 16.4. The minimum atomic E-state index is -0.624. The first-order valence-electron chi connectivity index (χ1n) is 17.6. The van der Waals surface area contributed by atoms with Crippen molar-refractivity contribution in [2.45, 2.75) is 50.7 Å². The van der Waals surface area contributed by atoms with Gasteiger partial charge in [-0.2, -0.15) is 0 Å². The molecule has 1 unspecified atom stereocenters. The molecule has 4 aromatic carbocycles. The van der Waals surface area contributed by atoms with E-state index in [0.717, 1.165) is 59.4 Å². The normalized spacial score (nSPS) is 14.5. The van der Waals surface area contributed by atoms with E-state index in [9.17, 15) is 4.79 Å². The number of hydrogen-bond donors (Lipinski definition) is 1. The van der Waals surface area contributed by atoms with Gasteiger partial charge in [-0.05, 0) is 71.3 Å². The first-order valence-corrected chi connectivity index (χ1v) is 17.6. The molecule has 1 atom stereocenters. The van der Waals surface area contributed by atoms with E-state index in [1.165, 1.54) is 0 Å². The molecule has 1 aliphatic heterocycles. The van der Waals surface area contributed by atoms with E-state index in [-0.39, 0.29) is 12.2 Å². The van der Waals surface area contributed by atoms with Gasteiger partial charge in [-0.25, -0.2) is 4.98 Å². The average Bonchev–Trinajstić information content (AvgIpc) is 3.67. The van der Waals surface area contributed by atoms with E-state index in [2.05, 4.69) is 93.9 Å². The SMILES string of the molecule is O=C(NCc1cc(COC2CCCCO2)cc(OCCc2cn(C(c3ccccc3)(c3ccccc3)c3ccccc3)cn2)c1)c1cccnc1. The van der Waals surface area contributed by atoms with Gasteiger partial charge in [0.15, 0.2) is 6.29 Å². The molecule has 3 heterocycles. The molecule has 1 aliphatic rings. The summed E-state index contributed by atoms with van der Waals surface area (Å²) in [5.41, 5.74) is 6.10. The summed E-state index contributed by atoms with van der Waals surface area (Å²) in [5.74, 6) is 0.522. The van der Waals surface area contributed by atoms with Gasteiger partial charge in [0.05, 0.1) is 30.8 Å². The number of amides is 1. The summed E-state index contributed by atoms with van der Waals surface area (Å²) < 4.78 is 20.5. The summed E-state index contributed by atoms with van der Waals surface area (Å²) in [7, 11) is 0. The zero-order chi connectivity index (χ0) is 34.7. The molecule has 0 spiro atoms. The van der Waals surface area contributed by atoms with Crippen LogP contribution >= 0.6 is 0 Å². The standard InChI is InChI=1S/C43H42N4O4/c48-42(35-13-12-22-44-29-35)45-28-33-25-34(31-51-41-20-10-11-23-50-41)27-40(26-33)49-24-21-39-30-47(32-46-39)43(36-14-4-1-5-15-36,37-16-6-2-7-17-37)38-18-8-3-9-19-38/h1-9,12-19,22,25-27,29-30,32,41H,10-11,20-21,23-24,28,31H2,(H,45,48). The van der Waals surface area contributed by atoms with Gasteiger partial charge >= 0.3 is 0 Å². The van der Waals surface area contributed by atoms with Gasteiger partial charge < -0.3 is 24.1 Å². The van der Waals surface area contributed by atoms with Crippen LogP contribution in [0.4, 0.5) is 0 Å². The van der Waals surface area contributed by atoms with Gasteiger partial charge in [0.1, 0.15) is 11.3 Å². The highest BCUT2D eigenvalue weighted by Gasteiger charge is 2.38. The van der Waals surface area contributed by atoms with Crippen LogP contribution in [0.5, 0.6) is 5.75 Å². The lowest BCUT2D eigenvalue weighted by atomic mass is 9.77. The maximum atomic E-state index is 12.8. The number of carbonyl (C=O) groups excluding carboxylic acids is 1. The van der Waals surface area contributed by atoms with Crippen LogP contribution in [0.25, 0.3) is 0 Å². The van der Waals surface area contributed by atoms with E-state index in [0.29, 0.717) is 37.5 Å². The molecule has 0 aliphatic carbocycles. The molecule has 1 saturated heterocycles. The fraction of sp³-hybridized carbons (Fsp3) is 0.233. The molecule has 0 saturated carbocycles. The van der Waals surface area contributed by atoms with Gasteiger partial charge in [-0.15, -0.1) is 0 Å². The lowest BCUT2D eigenvalue weighted by molar-refractivity contribution is -0.168. The fourth-order valence-electron chi connectivity index (χ4n) is 6.75. The predicted octanol–water partition coefficient (Wildman–Crippen LogP) is 7.71. The molecule has 8 nitrogen and oxygen atoms in total. The highest BCUT2D eigenvalue weighted by Crippen LogP contribution is 2.40. The topological polar surface area (TPSA) is 87.5 Å². The van der Waals surface area contributed by atoms with Crippen molar-refractivity contribution in [3.63, 3.8) is 0 Å². The molecule has 51 heavy (non-hydrogen) atoms. The highest BCUT2D eigenvalue weighted by molar-refractivity contribution is 5.93. The Kier molecular flexibility index (Phi) is 10.9. The maximum Gasteiger partial charge on any atom is 0.253 e. The van der Waals surface area contributed by atoms with Gasteiger partial charge in [-0.1, -0.05) is 97.1 Å². The summed E-state index contributed by atoms with van der Waals surface area (Å²) in [6, 6.07) is 41.2. The third-order valence-corrected chi connectivity index (χ3v) is 9.20. The van der Waals surface area contributed by atoms with Crippen molar-refractivity contribution in [3.05, 3.63) is 185 Å². The molecule has 258 valence electrons. The Balaban J connectivity index is 1.10. The van der Waals surface area contributed by atoms with E-state index in [1.54, 1.807) is 24.5 Å². The van der Waals surface area contributed by atoms with Gasteiger partial charge in [0, 0.05) is 38.2 Å². The number of aromatic nitrogens is 3. The number of carbonyl (C=O) groups is 1. The van der Waals surface area contributed by atoms with Crippen molar-refractivity contribution < 1.29 is 19.0 Å². The Bertz CT molecular complexity index is 1880. The van der Waals surface area contributed by atoms with E-state index < -0.39 is 5.54 Å². The van der Waals surface area contributed by atoms with E-state index in [4.69, 9.17) is 19.2 Å². The average molecular weight is 679 g/mol. The van der Waals surface area contributed by atoms with Crippen LogP contribution in [-0.2, 0) is 34.6 Å². The van der Waals surface area contributed by atoms with Crippen LogP contribution in [0.1, 0.15) is 63.1 Å². The number of benzene rings is 4. The quantitative estimate of drug-likeness (QED) is 0.119. The Morgan fingerprint density at radius 3 is 2.16 bits per heavy atom. The molecule has 7 rings (SSSR count). The van der Waals surface area contributed by atoms with Crippen molar-refractivity contribution >= 4 is 5.91 Å². The minimum Gasteiger partial charge on any atom is -0.493 e. The van der Waals surface area contributed by atoms with Gasteiger partial charge in [0.25, 0.3) is 5.91 Å². The zero-order valence-electron chi connectivity index (χ0n) is 28.6. The summed E-state index contributed by atoms with van der Waals surface area (Å²) in [4.78, 5) is 21.7. The summed E-state index contributed by atoms with van der Waals surface area (Å²) in [6.07, 6.45) is 10.7. The van der Waals surface area contributed by atoms with Gasteiger partial charge in [0.2, 0.25) is 0 Å². The molecule has 1 N–H and O–H groups in total. The zero-order valence-corrected chi connectivity index (χ0v) is 28.6.